The first-order chi connectivity index (χ1) is 6.85. The van der Waals surface area contributed by atoms with Crippen molar-refractivity contribution in [2.45, 2.75) is 25.8 Å². The molecule has 0 bridgehead atoms. The van der Waals surface area contributed by atoms with Crippen LogP contribution in [-0.4, -0.2) is 37.1 Å². The second-order valence-corrected chi connectivity index (χ2v) is 4.56. The van der Waals surface area contributed by atoms with Gasteiger partial charge in [-0.1, -0.05) is 6.92 Å². The normalized spacial score (nSPS) is 34.0. The van der Waals surface area contributed by atoms with Gasteiger partial charge in [0.05, 0.1) is 12.5 Å². The van der Waals surface area contributed by atoms with Gasteiger partial charge >= 0.3 is 0 Å². The van der Waals surface area contributed by atoms with Crippen LogP contribution >= 0.6 is 0 Å². The predicted molar refractivity (Wildman–Crippen MR) is 55.7 cm³/mol. The van der Waals surface area contributed by atoms with Crippen molar-refractivity contribution in [1.29, 1.82) is 5.26 Å². The summed E-state index contributed by atoms with van der Waals surface area (Å²) in [4.78, 5) is 2.53. The van der Waals surface area contributed by atoms with Crippen molar-refractivity contribution in [3.8, 4) is 6.07 Å². The van der Waals surface area contributed by atoms with E-state index in [9.17, 15) is 0 Å². The van der Waals surface area contributed by atoms with Crippen molar-refractivity contribution in [1.82, 2.24) is 10.2 Å². The molecule has 2 rings (SSSR count). The van der Waals surface area contributed by atoms with Crippen LogP contribution in [0, 0.1) is 23.2 Å². The third kappa shape index (κ3) is 1.77. The van der Waals surface area contributed by atoms with Gasteiger partial charge in [-0.05, 0) is 31.3 Å². The maximum atomic E-state index is 8.74. The molecule has 2 fully saturated rings. The number of fused-ring (bicyclic) bond motifs is 1. The lowest BCUT2D eigenvalue weighted by atomic mass is 10.0. The van der Waals surface area contributed by atoms with Crippen LogP contribution in [0.4, 0.5) is 0 Å². The van der Waals surface area contributed by atoms with Gasteiger partial charge in [-0.3, -0.25) is 4.90 Å². The van der Waals surface area contributed by atoms with Crippen LogP contribution in [0.3, 0.4) is 0 Å². The zero-order valence-corrected chi connectivity index (χ0v) is 8.87. The third-order valence-corrected chi connectivity index (χ3v) is 3.73. The number of hydrogen-bond acceptors (Lipinski definition) is 3. The second-order valence-electron chi connectivity index (χ2n) is 4.56. The highest BCUT2D eigenvalue weighted by Gasteiger charge is 2.37. The summed E-state index contributed by atoms with van der Waals surface area (Å²) in [5.41, 5.74) is 0. The lowest BCUT2D eigenvalue weighted by molar-refractivity contribution is 0.223. The fourth-order valence-electron chi connectivity index (χ4n) is 2.83. The fraction of sp³-hybridized carbons (Fsp3) is 0.909. The molecular weight excluding hydrogens is 174 g/mol. The summed E-state index contributed by atoms with van der Waals surface area (Å²) in [6.45, 7) is 6.97. The minimum Gasteiger partial charge on any atom is -0.316 e. The molecule has 2 saturated heterocycles. The first-order valence-electron chi connectivity index (χ1n) is 5.66. The van der Waals surface area contributed by atoms with E-state index >= 15 is 0 Å². The highest BCUT2D eigenvalue weighted by Crippen LogP contribution is 2.28. The Hall–Kier alpha value is -0.590. The summed E-state index contributed by atoms with van der Waals surface area (Å²) in [5.74, 6) is 1.70. The van der Waals surface area contributed by atoms with Crippen molar-refractivity contribution >= 4 is 0 Å². The van der Waals surface area contributed by atoms with E-state index in [1.807, 2.05) is 0 Å². The molecule has 1 unspecified atom stereocenters. The molecule has 0 aromatic carbocycles. The number of nitrogens with zero attached hydrogens (tertiary/aromatic N) is 2. The van der Waals surface area contributed by atoms with E-state index in [0.717, 1.165) is 18.3 Å². The molecule has 2 aliphatic rings. The van der Waals surface area contributed by atoms with Gasteiger partial charge < -0.3 is 5.32 Å². The summed E-state index contributed by atoms with van der Waals surface area (Å²) in [7, 11) is 0. The predicted octanol–water partition coefficient (Wildman–Crippen LogP) is 0.830. The summed E-state index contributed by atoms with van der Waals surface area (Å²) in [6.07, 6.45) is 1.81. The molecule has 0 aliphatic carbocycles. The molecule has 3 nitrogen and oxygen atoms in total. The van der Waals surface area contributed by atoms with Crippen molar-refractivity contribution in [2.75, 3.05) is 26.2 Å². The van der Waals surface area contributed by atoms with Crippen LogP contribution in [0.5, 0.6) is 0 Å². The van der Waals surface area contributed by atoms with E-state index in [1.165, 1.54) is 26.2 Å². The lowest BCUT2D eigenvalue weighted by Gasteiger charge is -2.25. The van der Waals surface area contributed by atoms with E-state index in [2.05, 4.69) is 23.2 Å². The minimum atomic E-state index is 0.505. The average Bonchev–Trinajstić information content (AvgIpc) is 2.73. The van der Waals surface area contributed by atoms with E-state index < -0.39 is 0 Å². The van der Waals surface area contributed by atoms with Crippen LogP contribution in [0.1, 0.15) is 19.8 Å². The SMILES string of the molecule is CCC(CC#N)N1C[C@H]2CNC[C@H]2C1. The molecule has 0 amide bonds. The molecule has 78 valence electrons. The van der Waals surface area contributed by atoms with Gasteiger partial charge in [-0.25, -0.2) is 0 Å². The topological polar surface area (TPSA) is 39.1 Å². The van der Waals surface area contributed by atoms with Gasteiger partial charge in [0, 0.05) is 19.1 Å². The molecule has 1 N–H and O–H groups in total. The van der Waals surface area contributed by atoms with Crippen molar-refractivity contribution in [2.24, 2.45) is 11.8 Å². The molecule has 2 heterocycles. The number of nitrogens with one attached hydrogen (secondary N) is 1. The Kier molecular flexibility index (Phi) is 3.05. The molecule has 0 aromatic heterocycles. The number of nitriles is 1. The van der Waals surface area contributed by atoms with Crippen LogP contribution in [0.25, 0.3) is 0 Å². The zero-order valence-electron chi connectivity index (χ0n) is 8.87. The first kappa shape index (κ1) is 9.95. The fourth-order valence-corrected chi connectivity index (χ4v) is 2.83. The number of hydrogen-bond donors (Lipinski definition) is 1. The molecule has 0 spiro atoms. The molecule has 14 heavy (non-hydrogen) atoms. The van der Waals surface area contributed by atoms with Crippen LogP contribution in [0.2, 0.25) is 0 Å². The van der Waals surface area contributed by atoms with Crippen LogP contribution in [0.15, 0.2) is 0 Å². The average molecular weight is 193 g/mol. The maximum Gasteiger partial charge on any atom is 0.0638 e. The number of likely N-dealkylation sites (tertiary alicyclic amines) is 1. The quantitative estimate of drug-likeness (QED) is 0.721. The Labute approximate surface area is 86.1 Å². The molecule has 2 aliphatic heterocycles. The van der Waals surface area contributed by atoms with Gasteiger partial charge in [0.25, 0.3) is 0 Å². The van der Waals surface area contributed by atoms with E-state index in [1.54, 1.807) is 0 Å². The Morgan fingerprint density at radius 3 is 2.57 bits per heavy atom. The van der Waals surface area contributed by atoms with Crippen LogP contribution in [-0.2, 0) is 0 Å². The Balaban J connectivity index is 1.91. The van der Waals surface area contributed by atoms with Crippen LogP contribution < -0.4 is 5.32 Å². The van der Waals surface area contributed by atoms with E-state index in [-0.39, 0.29) is 0 Å². The molecule has 0 saturated carbocycles. The lowest BCUT2D eigenvalue weighted by Crippen LogP contribution is -2.35. The first-order valence-corrected chi connectivity index (χ1v) is 5.66. The second kappa shape index (κ2) is 4.29. The summed E-state index contributed by atoms with van der Waals surface area (Å²) >= 11 is 0. The molecule has 3 heteroatoms. The van der Waals surface area contributed by atoms with Crippen molar-refractivity contribution in [3.05, 3.63) is 0 Å². The van der Waals surface area contributed by atoms with Gasteiger partial charge in [0.1, 0.15) is 0 Å². The number of rotatable bonds is 3. The van der Waals surface area contributed by atoms with Gasteiger partial charge in [-0.15, -0.1) is 0 Å². The minimum absolute atomic E-state index is 0.505. The Morgan fingerprint density at radius 2 is 2.07 bits per heavy atom. The third-order valence-electron chi connectivity index (χ3n) is 3.73. The van der Waals surface area contributed by atoms with Gasteiger partial charge in [-0.2, -0.15) is 5.26 Å². The zero-order chi connectivity index (χ0) is 9.97. The summed E-state index contributed by atoms with van der Waals surface area (Å²) in [5, 5.41) is 12.2. The van der Waals surface area contributed by atoms with Gasteiger partial charge in [0.2, 0.25) is 0 Å². The molecule has 0 aromatic rings. The van der Waals surface area contributed by atoms with Gasteiger partial charge in [0.15, 0.2) is 0 Å². The smallest absolute Gasteiger partial charge is 0.0638 e. The monoisotopic (exact) mass is 193 g/mol. The van der Waals surface area contributed by atoms with Crippen molar-refractivity contribution in [3.63, 3.8) is 0 Å². The largest absolute Gasteiger partial charge is 0.316 e. The van der Waals surface area contributed by atoms with Crippen molar-refractivity contribution < 1.29 is 0 Å². The van der Waals surface area contributed by atoms with E-state index in [4.69, 9.17) is 5.26 Å². The summed E-state index contributed by atoms with van der Waals surface area (Å²) in [6, 6.07) is 2.81. The Bertz CT molecular complexity index is 221. The standard InChI is InChI=1S/C11H19N3/c1-2-11(3-4-12)14-7-9-5-13-6-10(9)8-14/h9-11,13H,2-3,5-8H2,1H3/t9-,10+,11?. The summed E-state index contributed by atoms with van der Waals surface area (Å²) < 4.78 is 0. The Morgan fingerprint density at radius 1 is 1.43 bits per heavy atom. The maximum absolute atomic E-state index is 8.74. The van der Waals surface area contributed by atoms with E-state index in [0.29, 0.717) is 12.5 Å². The molecule has 0 radical (unpaired) electrons. The highest BCUT2D eigenvalue weighted by molar-refractivity contribution is 4.95. The molecular formula is C11H19N3. The molecule has 3 atom stereocenters. The highest BCUT2D eigenvalue weighted by atomic mass is 15.2.